The van der Waals surface area contributed by atoms with E-state index in [2.05, 4.69) is 20.7 Å². The summed E-state index contributed by atoms with van der Waals surface area (Å²) in [6.07, 6.45) is 2.22. The van der Waals surface area contributed by atoms with E-state index in [1.54, 1.807) is 0 Å². The van der Waals surface area contributed by atoms with Crippen LogP contribution in [0, 0.1) is 0 Å². The quantitative estimate of drug-likeness (QED) is 0.302. The van der Waals surface area contributed by atoms with Gasteiger partial charge in [0.05, 0.1) is 0 Å². The summed E-state index contributed by atoms with van der Waals surface area (Å²) >= 11 is 2.89. The Morgan fingerprint density at radius 3 is 2.31 bits per heavy atom. The van der Waals surface area contributed by atoms with Crippen molar-refractivity contribution in [1.82, 2.24) is 4.90 Å². The largest absolute Gasteiger partial charge is 0.431 e. The van der Waals surface area contributed by atoms with Crippen molar-refractivity contribution >= 4 is 33.7 Å². The molecule has 0 spiro atoms. The molecule has 2 amide bonds. The average molecular weight is 248 g/mol. The first-order chi connectivity index (χ1) is 6.02. The Balaban J connectivity index is 2.67. The number of alkyl halides is 1. The van der Waals surface area contributed by atoms with Crippen LogP contribution in [0.4, 0.5) is 0 Å². The molecule has 0 bridgehead atoms. The maximum Gasteiger partial charge on any atom is 0.305 e. The molecule has 5 nitrogen and oxygen atoms in total. The predicted molar refractivity (Wildman–Crippen MR) is 45.5 cm³/mol. The van der Waals surface area contributed by atoms with Crippen LogP contribution in [0.15, 0.2) is 12.2 Å². The number of halogens is 1. The van der Waals surface area contributed by atoms with Gasteiger partial charge in [-0.2, -0.15) is 0 Å². The summed E-state index contributed by atoms with van der Waals surface area (Å²) in [6.45, 7) is 1.19. The van der Waals surface area contributed by atoms with Crippen LogP contribution in [0.2, 0.25) is 0 Å². The Bertz CT molecular complexity index is 281. The third-order valence-electron chi connectivity index (χ3n) is 1.31. The van der Waals surface area contributed by atoms with E-state index in [0.29, 0.717) is 0 Å². The number of carbonyl (C=O) groups excluding carboxylic acids is 3. The van der Waals surface area contributed by atoms with Gasteiger partial charge in [-0.3, -0.25) is 14.4 Å². The maximum absolute atomic E-state index is 11.0. The highest BCUT2D eigenvalue weighted by Crippen LogP contribution is 2.15. The number of esters is 1. The summed E-state index contributed by atoms with van der Waals surface area (Å²) in [7, 11) is 0. The second kappa shape index (κ2) is 3.69. The predicted octanol–water partition coefficient (Wildman–Crippen LogP) is 0.153. The van der Waals surface area contributed by atoms with Crippen molar-refractivity contribution in [2.75, 3.05) is 0 Å². The number of carbonyl (C=O) groups is 3. The number of rotatable bonds is 2. The fourth-order valence-corrected chi connectivity index (χ4v) is 1.47. The lowest BCUT2D eigenvalue weighted by Crippen LogP contribution is -2.38. The van der Waals surface area contributed by atoms with Crippen molar-refractivity contribution in [2.24, 2.45) is 0 Å². The van der Waals surface area contributed by atoms with Crippen molar-refractivity contribution in [3.8, 4) is 0 Å². The third kappa shape index (κ3) is 2.15. The SMILES string of the molecule is CC(=O)OC(Br)N1C(=O)C=CC1=O. The second-order valence-electron chi connectivity index (χ2n) is 2.28. The van der Waals surface area contributed by atoms with Crippen molar-refractivity contribution in [1.29, 1.82) is 0 Å². The first kappa shape index (κ1) is 9.91. The summed E-state index contributed by atoms with van der Waals surface area (Å²) < 4.78 is 4.60. The normalized spacial score (nSPS) is 17.8. The molecule has 1 heterocycles. The number of nitrogens with zero attached hydrogens (tertiary/aromatic N) is 1. The summed E-state index contributed by atoms with van der Waals surface area (Å²) in [6, 6.07) is 0. The first-order valence-corrected chi connectivity index (χ1v) is 4.30. The summed E-state index contributed by atoms with van der Waals surface area (Å²) in [5, 5.41) is -1.03. The maximum atomic E-state index is 11.0. The molecule has 1 atom stereocenters. The zero-order chi connectivity index (χ0) is 10.0. The fourth-order valence-electron chi connectivity index (χ4n) is 0.802. The summed E-state index contributed by atoms with van der Waals surface area (Å²) in [5.41, 5.74) is 0. The lowest BCUT2D eigenvalue weighted by atomic mass is 10.6. The molecule has 0 N–H and O–H groups in total. The van der Waals surface area contributed by atoms with E-state index in [-0.39, 0.29) is 0 Å². The van der Waals surface area contributed by atoms with Gasteiger partial charge in [0.1, 0.15) is 0 Å². The van der Waals surface area contributed by atoms with E-state index in [0.717, 1.165) is 17.1 Å². The molecule has 1 rings (SSSR count). The van der Waals surface area contributed by atoms with Gasteiger partial charge in [-0.25, -0.2) is 4.90 Å². The summed E-state index contributed by atoms with van der Waals surface area (Å²) in [4.78, 5) is 33.3. The fraction of sp³-hybridized carbons (Fsp3) is 0.286. The van der Waals surface area contributed by atoms with E-state index >= 15 is 0 Å². The van der Waals surface area contributed by atoms with Crippen LogP contribution < -0.4 is 0 Å². The van der Waals surface area contributed by atoms with Crippen LogP contribution >= 0.6 is 15.9 Å². The molecule has 70 valence electrons. The Labute approximate surface area is 82.5 Å². The van der Waals surface area contributed by atoms with Gasteiger partial charge in [-0.05, 0) is 15.9 Å². The smallest absolute Gasteiger partial charge is 0.305 e. The highest BCUT2D eigenvalue weighted by molar-refractivity contribution is 9.09. The van der Waals surface area contributed by atoms with Crippen LogP contribution in [0.3, 0.4) is 0 Å². The highest BCUT2D eigenvalue weighted by atomic mass is 79.9. The van der Waals surface area contributed by atoms with Crippen molar-refractivity contribution in [3.05, 3.63) is 12.2 Å². The molecular formula is C7H6BrNO4. The number of ether oxygens (including phenoxy) is 1. The molecule has 0 radical (unpaired) electrons. The van der Waals surface area contributed by atoms with Gasteiger partial charge in [0, 0.05) is 19.1 Å². The number of amides is 2. The molecule has 0 aromatic heterocycles. The van der Waals surface area contributed by atoms with Crippen LogP contribution in [0.1, 0.15) is 6.92 Å². The van der Waals surface area contributed by atoms with Gasteiger partial charge in [0.25, 0.3) is 11.8 Å². The molecular weight excluding hydrogens is 242 g/mol. The Morgan fingerprint density at radius 1 is 1.46 bits per heavy atom. The van der Waals surface area contributed by atoms with Crippen LogP contribution in [0.25, 0.3) is 0 Å². The first-order valence-electron chi connectivity index (χ1n) is 3.39. The van der Waals surface area contributed by atoms with E-state index in [4.69, 9.17) is 0 Å². The van der Waals surface area contributed by atoms with E-state index in [9.17, 15) is 14.4 Å². The summed E-state index contributed by atoms with van der Waals surface area (Å²) in [5.74, 6) is -1.59. The second-order valence-corrected chi connectivity index (χ2v) is 3.06. The number of imide groups is 1. The lowest BCUT2D eigenvalue weighted by molar-refractivity contribution is -0.155. The molecule has 1 aliphatic heterocycles. The van der Waals surface area contributed by atoms with Gasteiger partial charge in [0.2, 0.25) is 5.14 Å². The van der Waals surface area contributed by atoms with Gasteiger partial charge in [-0.15, -0.1) is 0 Å². The van der Waals surface area contributed by atoms with Crippen molar-refractivity contribution in [3.63, 3.8) is 0 Å². The molecule has 1 aliphatic rings. The van der Waals surface area contributed by atoms with Crippen molar-refractivity contribution < 1.29 is 19.1 Å². The number of hydrogen-bond donors (Lipinski definition) is 0. The van der Waals surface area contributed by atoms with Gasteiger partial charge in [0.15, 0.2) is 0 Å². The molecule has 0 aromatic carbocycles. The Morgan fingerprint density at radius 2 is 1.92 bits per heavy atom. The number of hydrogen-bond acceptors (Lipinski definition) is 4. The Hall–Kier alpha value is -1.17. The minimum atomic E-state index is -1.03. The van der Waals surface area contributed by atoms with Crippen LogP contribution in [-0.2, 0) is 19.1 Å². The minimum Gasteiger partial charge on any atom is -0.431 e. The van der Waals surface area contributed by atoms with Gasteiger partial charge in [-0.1, -0.05) is 0 Å². The molecule has 0 saturated carbocycles. The molecule has 1 unspecified atom stereocenters. The highest BCUT2D eigenvalue weighted by Gasteiger charge is 2.31. The molecule has 13 heavy (non-hydrogen) atoms. The van der Waals surface area contributed by atoms with Crippen molar-refractivity contribution in [2.45, 2.75) is 12.1 Å². The molecule has 0 aromatic rings. The van der Waals surface area contributed by atoms with Crippen LogP contribution in [0.5, 0.6) is 0 Å². The standard InChI is InChI=1S/C7H6BrNO4/c1-4(10)13-7(8)9-5(11)2-3-6(9)12/h2-3,7H,1H3. The molecule has 0 fully saturated rings. The van der Waals surface area contributed by atoms with E-state index in [1.807, 2.05) is 0 Å². The molecule has 0 aliphatic carbocycles. The zero-order valence-corrected chi connectivity index (χ0v) is 8.28. The third-order valence-corrected chi connectivity index (χ3v) is 1.91. The molecule has 6 heteroatoms. The van der Waals surface area contributed by atoms with Gasteiger partial charge < -0.3 is 4.74 Å². The van der Waals surface area contributed by atoms with E-state index in [1.165, 1.54) is 6.92 Å². The van der Waals surface area contributed by atoms with Gasteiger partial charge >= 0.3 is 5.97 Å². The topological polar surface area (TPSA) is 63.7 Å². The minimum absolute atomic E-state index is 0.506. The monoisotopic (exact) mass is 247 g/mol. The zero-order valence-electron chi connectivity index (χ0n) is 6.69. The van der Waals surface area contributed by atoms with Crippen LogP contribution in [-0.4, -0.2) is 27.8 Å². The van der Waals surface area contributed by atoms with E-state index < -0.39 is 22.9 Å². The molecule has 0 saturated heterocycles. The Kier molecular flexibility index (Phi) is 2.82. The average Bonchev–Trinajstić information content (AvgIpc) is 2.29. The lowest BCUT2D eigenvalue weighted by Gasteiger charge is -2.19.